The van der Waals surface area contributed by atoms with Crippen LogP contribution in [0.2, 0.25) is 0 Å². The van der Waals surface area contributed by atoms with Crippen molar-refractivity contribution in [3.8, 4) is 0 Å². The Hall–Kier alpha value is -2.91. The maximum atomic E-state index is 4.66. The average molecular weight is 606 g/mol. The van der Waals surface area contributed by atoms with Gasteiger partial charge in [0.2, 0.25) is 0 Å². The molecule has 0 bridgehead atoms. The monoisotopic (exact) mass is 605 g/mol. The Morgan fingerprint density at radius 3 is 0.927 bits per heavy atom. The molecule has 0 aliphatic carbocycles. The van der Waals surface area contributed by atoms with Crippen LogP contribution >= 0.6 is 0 Å². The maximum Gasteiger partial charge on any atom is 2.00 e. The average Bonchev–Trinajstić information content (AvgIpc) is 3.70. The van der Waals surface area contributed by atoms with E-state index in [1.54, 1.807) is 28.2 Å². The molecule has 9 heteroatoms. The molecule has 2 saturated heterocycles. The Morgan fingerprint density at radius 2 is 0.732 bits per heavy atom. The van der Waals surface area contributed by atoms with E-state index >= 15 is 0 Å². The number of nitrogens with zero attached hydrogens (tertiary/aromatic N) is 8. The molecule has 0 spiro atoms. The van der Waals surface area contributed by atoms with Crippen molar-refractivity contribution in [1.82, 2.24) is 9.97 Å². The van der Waals surface area contributed by atoms with Crippen molar-refractivity contribution < 1.29 is 16.8 Å². The Balaban J connectivity index is 0.000000727. The number of aliphatic imine (C=N–C) groups is 4. The van der Waals surface area contributed by atoms with Gasteiger partial charge in [0.1, 0.15) is 0 Å². The fourth-order valence-electron chi connectivity index (χ4n) is 4.55. The summed E-state index contributed by atoms with van der Waals surface area (Å²) in [5.41, 5.74) is 10.1. The van der Waals surface area contributed by atoms with Crippen LogP contribution in [0, 0.1) is 14.9 Å². The van der Waals surface area contributed by atoms with E-state index in [2.05, 4.69) is 64.0 Å². The van der Waals surface area contributed by atoms with Gasteiger partial charge < -0.3 is 24.7 Å². The van der Waals surface area contributed by atoms with E-state index < -0.39 is 0 Å². The zero-order valence-electron chi connectivity index (χ0n) is 26.9. The minimum absolute atomic E-state index is 0. The largest absolute Gasteiger partial charge is 2.00 e. The maximum absolute atomic E-state index is 4.66. The molecule has 1 radical (unpaired) electrons. The number of aromatic nitrogens is 2. The SMILES string of the molecule is CN=C(C)c1cc(N2CCCC2)cc(C(C)=NC)n1.CN=C(C)c1cc(N2CCCC2)cc(C(C)=NC)n1.[CH3-].[CH3-].[Co+2]. The second kappa shape index (κ2) is 18.5. The first kappa shape index (κ1) is 38.1. The molecule has 4 rings (SSSR count). The minimum atomic E-state index is 0. The summed E-state index contributed by atoms with van der Waals surface area (Å²) in [5, 5.41) is 0. The molecule has 41 heavy (non-hydrogen) atoms. The van der Waals surface area contributed by atoms with Crippen LogP contribution in [0.15, 0.2) is 44.2 Å². The molecule has 0 amide bonds. The summed E-state index contributed by atoms with van der Waals surface area (Å²) in [4.78, 5) is 31.1. The summed E-state index contributed by atoms with van der Waals surface area (Å²) in [6.07, 6.45) is 5.09. The van der Waals surface area contributed by atoms with Gasteiger partial charge in [-0.3, -0.25) is 20.0 Å². The van der Waals surface area contributed by atoms with Gasteiger partial charge in [0, 0.05) is 65.7 Å². The Kier molecular flexibility index (Phi) is 17.2. The smallest absolute Gasteiger partial charge is 0.371 e. The van der Waals surface area contributed by atoms with E-state index in [4.69, 9.17) is 0 Å². The van der Waals surface area contributed by atoms with E-state index in [9.17, 15) is 0 Å². The van der Waals surface area contributed by atoms with Gasteiger partial charge in [-0.1, -0.05) is 0 Å². The van der Waals surface area contributed by atoms with Gasteiger partial charge in [0.05, 0.1) is 45.6 Å². The molecule has 2 aliphatic heterocycles. The van der Waals surface area contributed by atoms with Crippen LogP contribution < -0.4 is 9.80 Å². The van der Waals surface area contributed by atoms with E-state index in [1.165, 1.54) is 37.1 Å². The van der Waals surface area contributed by atoms with Gasteiger partial charge in [-0.2, -0.15) is 0 Å². The van der Waals surface area contributed by atoms with Gasteiger partial charge in [-0.15, -0.1) is 0 Å². The summed E-state index contributed by atoms with van der Waals surface area (Å²) < 4.78 is 0. The first-order valence-electron chi connectivity index (χ1n) is 13.6. The molecule has 0 saturated carbocycles. The Morgan fingerprint density at radius 1 is 0.512 bits per heavy atom. The molecule has 8 nitrogen and oxygen atoms in total. The van der Waals surface area contributed by atoms with E-state index in [-0.39, 0.29) is 31.6 Å². The molecule has 2 aromatic heterocycles. The van der Waals surface area contributed by atoms with Crippen molar-refractivity contribution in [3.05, 3.63) is 61.9 Å². The number of hydrogen-bond acceptors (Lipinski definition) is 8. The van der Waals surface area contributed by atoms with E-state index in [1.807, 2.05) is 27.7 Å². The van der Waals surface area contributed by atoms with Crippen LogP contribution in [0.5, 0.6) is 0 Å². The first-order valence-corrected chi connectivity index (χ1v) is 13.6. The van der Waals surface area contributed by atoms with Crippen molar-refractivity contribution in [2.24, 2.45) is 20.0 Å². The quantitative estimate of drug-likeness (QED) is 0.298. The van der Waals surface area contributed by atoms with Crippen LogP contribution in [0.3, 0.4) is 0 Å². The number of hydrogen-bond donors (Lipinski definition) is 0. The predicted molar refractivity (Wildman–Crippen MR) is 177 cm³/mol. The molecule has 0 aromatic carbocycles. The number of anilines is 2. The summed E-state index contributed by atoms with van der Waals surface area (Å²) >= 11 is 0. The molecule has 2 aromatic rings. The van der Waals surface area contributed by atoms with Gasteiger partial charge in [-0.25, -0.2) is 9.97 Å². The summed E-state index contributed by atoms with van der Waals surface area (Å²) in [7, 11) is 7.22. The molecule has 4 heterocycles. The summed E-state index contributed by atoms with van der Waals surface area (Å²) in [6, 6.07) is 8.56. The third kappa shape index (κ3) is 10.1. The second-order valence-corrected chi connectivity index (χ2v) is 9.82. The van der Waals surface area contributed by atoms with Gasteiger partial charge in [0.25, 0.3) is 0 Å². The third-order valence-electron chi connectivity index (χ3n) is 7.39. The van der Waals surface area contributed by atoms with Gasteiger partial charge >= 0.3 is 16.8 Å². The molecule has 227 valence electrons. The van der Waals surface area contributed by atoms with Gasteiger partial charge in [0.15, 0.2) is 0 Å². The van der Waals surface area contributed by atoms with Crippen LogP contribution in [-0.2, 0) is 16.8 Å². The summed E-state index contributed by atoms with van der Waals surface area (Å²) in [6.45, 7) is 12.5. The Bertz CT molecular complexity index is 1050. The van der Waals surface area contributed by atoms with Crippen LogP contribution in [0.4, 0.5) is 11.4 Å². The van der Waals surface area contributed by atoms with E-state index in [0.29, 0.717) is 0 Å². The normalized spacial score (nSPS) is 15.9. The summed E-state index contributed by atoms with van der Waals surface area (Å²) in [5.74, 6) is 0. The first-order chi connectivity index (χ1) is 18.3. The van der Waals surface area contributed by atoms with Crippen molar-refractivity contribution in [2.45, 2.75) is 53.4 Å². The van der Waals surface area contributed by atoms with Crippen molar-refractivity contribution >= 4 is 34.2 Å². The fraction of sp³-hybridized carbons (Fsp3) is 0.500. The van der Waals surface area contributed by atoms with Crippen molar-refractivity contribution in [2.75, 3.05) is 64.2 Å². The van der Waals surface area contributed by atoms with Crippen LogP contribution in [-0.4, -0.2) is 87.2 Å². The molecule has 0 N–H and O–H groups in total. The third-order valence-corrected chi connectivity index (χ3v) is 7.39. The number of rotatable bonds is 6. The number of pyridine rings is 2. The standard InChI is InChI=1S/2C15H22N4.2CH3.Co/c2*1-11(16-3)14-9-13(19-7-5-6-8-19)10-15(18-14)12(2)17-4;;;/h2*9-10H,5-8H2,1-4H3;2*1H3;/q;;2*-1;+2. The van der Waals surface area contributed by atoms with Gasteiger partial charge in [-0.05, 0) is 77.6 Å². The van der Waals surface area contributed by atoms with Crippen molar-refractivity contribution in [3.63, 3.8) is 0 Å². The molecule has 0 atom stereocenters. The molecule has 2 aliphatic rings. The zero-order valence-corrected chi connectivity index (χ0v) is 27.9. The van der Waals surface area contributed by atoms with Crippen LogP contribution in [0.1, 0.15) is 76.2 Å². The molecule has 0 unspecified atom stereocenters. The second-order valence-electron chi connectivity index (χ2n) is 9.82. The van der Waals surface area contributed by atoms with Crippen molar-refractivity contribution in [1.29, 1.82) is 0 Å². The fourth-order valence-corrected chi connectivity index (χ4v) is 4.55. The topological polar surface area (TPSA) is 81.7 Å². The Labute approximate surface area is 259 Å². The van der Waals surface area contributed by atoms with Crippen LogP contribution in [0.25, 0.3) is 0 Å². The van der Waals surface area contributed by atoms with E-state index in [0.717, 1.165) is 71.8 Å². The molecule has 2 fully saturated rings. The molecular weight excluding hydrogens is 555 g/mol. The predicted octanol–water partition coefficient (Wildman–Crippen LogP) is 6.02. The molecular formula is C32H50CoN8. The zero-order chi connectivity index (χ0) is 27.7. The minimum Gasteiger partial charge on any atom is -0.371 e.